The fraction of sp³-hybridized carbons (Fsp3) is 0.250. The predicted octanol–water partition coefficient (Wildman–Crippen LogP) is 2.74. The van der Waals surface area contributed by atoms with Gasteiger partial charge in [0.2, 0.25) is 0 Å². The van der Waals surface area contributed by atoms with Crippen LogP contribution in [0.1, 0.15) is 18.2 Å². The van der Waals surface area contributed by atoms with Gasteiger partial charge in [0.15, 0.2) is 0 Å². The third-order valence-corrected chi connectivity index (χ3v) is 2.36. The Morgan fingerprint density at radius 1 is 1.14 bits per heavy atom. The van der Waals surface area contributed by atoms with Gasteiger partial charge in [0, 0.05) is 11.9 Å². The van der Waals surface area contributed by atoms with Crippen LogP contribution in [-0.4, -0.2) is 9.78 Å². The number of rotatable bonds is 2. The van der Waals surface area contributed by atoms with Gasteiger partial charge in [-0.3, -0.25) is 0 Å². The van der Waals surface area contributed by atoms with Crippen molar-refractivity contribution in [1.29, 1.82) is 0 Å². The maximum atomic E-state index is 4.30. The van der Waals surface area contributed by atoms with Gasteiger partial charge < -0.3 is 0 Å². The van der Waals surface area contributed by atoms with E-state index in [2.05, 4.69) is 49.3 Å². The van der Waals surface area contributed by atoms with Crippen molar-refractivity contribution in [3.05, 3.63) is 47.8 Å². The Morgan fingerprint density at radius 2 is 1.86 bits per heavy atom. The summed E-state index contributed by atoms with van der Waals surface area (Å²) in [6.45, 7) is 4.23. The minimum absolute atomic E-state index is 1.01. The number of nitrogens with zero attached hydrogens (tertiary/aromatic N) is 2. The van der Waals surface area contributed by atoms with Gasteiger partial charge >= 0.3 is 0 Å². The van der Waals surface area contributed by atoms with E-state index in [1.165, 1.54) is 11.3 Å². The van der Waals surface area contributed by atoms with Gasteiger partial charge in [-0.25, -0.2) is 4.68 Å². The van der Waals surface area contributed by atoms with Gasteiger partial charge in [-0.1, -0.05) is 24.6 Å². The van der Waals surface area contributed by atoms with Crippen LogP contribution in [0.4, 0.5) is 0 Å². The van der Waals surface area contributed by atoms with E-state index in [4.69, 9.17) is 0 Å². The van der Waals surface area contributed by atoms with Crippen LogP contribution in [-0.2, 0) is 6.42 Å². The van der Waals surface area contributed by atoms with E-state index < -0.39 is 0 Å². The number of aromatic nitrogens is 2. The fourth-order valence-corrected chi connectivity index (χ4v) is 1.52. The molecule has 0 aliphatic carbocycles. The Bertz CT molecular complexity index is 412. The van der Waals surface area contributed by atoms with Crippen molar-refractivity contribution < 1.29 is 0 Å². The highest BCUT2D eigenvalue weighted by Crippen LogP contribution is 2.11. The monoisotopic (exact) mass is 186 g/mol. The van der Waals surface area contributed by atoms with Crippen LogP contribution in [0, 0.1) is 6.92 Å². The lowest BCUT2D eigenvalue weighted by Gasteiger charge is -2.05. The Labute approximate surface area is 84.2 Å². The van der Waals surface area contributed by atoms with Crippen LogP contribution >= 0.6 is 0 Å². The van der Waals surface area contributed by atoms with Crippen molar-refractivity contribution in [3.63, 3.8) is 0 Å². The summed E-state index contributed by atoms with van der Waals surface area (Å²) in [5.74, 6) is 0. The minimum Gasteiger partial charge on any atom is -0.238 e. The molecule has 1 aromatic heterocycles. The summed E-state index contributed by atoms with van der Waals surface area (Å²) < 4.78 is 1.99. The quantitative estimate of drug-likeness (QED) is 0.705. The average molecular weight is 186 g/mol. The van der Waals surface area contributed by atoms with Crippen molar-refractivity contribution in [1.82, 2.24) is 9.78 Å². The van der Waals surface area contributed by atoms with E-state index in [9.17, 15) is 0 Å². The highest BCUT2D eigenvalue weighted by atomic mass is 15.3. The molecule has 0 aliphatic rings. The molecule has 0 aliphatic heterocycles. The first-order valence-corrected chi connectivity index (χ1v) is 4.91. The maximum absolute atomic E-state index is 4.30. The van der Waals surface area contributed by atoms with Crippen molar-refractivity contribution in [3.8, 4) is 5.69 Å². The predicted molar refractivity (Wildman–Crippen MR) is 57.7 cm³/mol. The zero-order valence-corrected chi connectivity index (χ0v) is 8.57. The fourth-order valence-electron chi connectivity index (χ4n) is 1.52. The molecule has 0 saturated carbocycles. The summed E-state index contributed by atoms with van der Waals surface area (Å²) in [7, 11) is 0. The second kappa shape index (κ2) is 3.66. The summed E-state index contributed by atoms with van der Waals surface area (Å²) in [4.78, 5) is 0. The molecule has 2 heteroatoms. The summed E-state index contributed by atoms with van der Waals surface area (Å²) in [5.41, 5.74) is 3.66. The number of benzene rings is 1. The van der Waals surface area contributed by atoms with Gasteiger partial charge in [-0.2, -0.15) is 5.10 Å². The summed E-state index contributed by atoms with van der Waals surface area (Å²) in [5, 5.41) is 4.30. The number of aryl methyl sites for hydroxylation is 2. The Kier molecular flexibility index (Phi) is 2.35. The molecule has 2 nitrogen and oxygen atoms in total. The molecular weight excluding hydrogens is 172 g/mol. The van der Waals surface area contributed by atoms with Gasteiger partial charge in [-0.15, -0.1) is 0 Å². The Hall–Kier alpha value is -1.57. The molecule has 2 rings (SSSR count). The Morgan fingerprint density at radius 3 is 2.50 bits per heavy atom. The summed E-state index contributed by atoms with van der Waals surface area (Å²) >= 11 is 0. The van der Waals surface area contributed by atoms with Crippen LogP contribution < -0.4 is 0 Å². The van der Waals surface area contributed by atoms with E-state index in [0.717, 1.165) is 12.1 Å². The molecule has 0 bridgehead atoms. The van der Waals surface area contributed by atoms with Crippen molar-refractivity contribution in [2.75, 3.05) is 0 Å². The molecule has 0 N–H and O–H groups in total. The molecule has 0 amide bonds. The zero-order chi connectivity index (χ0) is 9.97. The minimum atomic E-state index is 1.01. The molecule has 1 aromatic carbocycles. The normalized spacial score (nSPS) is 10.4. The maximum Gasteiger partial charge on any atom is 0.0648 e. The van der Waals surface area contributed by atoms with E-state index in [1.54, 1.807) is 0 Å². The summed E-state index contributed by atoms with van der Waals surface area (Å²) in [6.07, 6.45) is 2.85. The first kappa shape index (κ1) is 9.00. The van der Waals surface area contributed by atoms with E-state index in [1.807, 2.05) is 10.9 Å². The third kappa shape index (κ3) is 1.55. The molecule has 0 saturated heterocycles. The van der Waals surface area contributed by atoms with Crippen molar-refractivity contribution in [2.45, 2.75) is 20.3 Å². The molecule has 0 fully saturated rings. The molecule has 1 heterocycles. The van der Waals surface area contributed by atoms with E-state index >= 15 is 0 Å². The molecule has 2 aromatic rings. The van der Waals surface area contributed by atoms with Gasteiger partial charge in [0.1, 0.15) is 0 Å². The summed E-state index contributed by atoms with van der Waals surface area (Å²) in [6, 6.07) is 10.5. The third-order valence-electron chi connectivity index (χ3n) is 2.36. The molecule has 14 heavy (non-hydrogen) atoms. The molecule has 0 radical (unpaired) electrons. The van der Waals surface area contributed by atoms with Crippen LogP contribution in [0.3, 0.4) is 0 Å². The largest absolute Gasteiger partial charge is 0.238 e. The molecular formula is C12H14N2. The van der Waals surface area contributed by atoms with Crippen LogP contribution in [0.5, 0.6) is 0 Å². The molecule has 0 unspecified atom stereocenters. The molecule has 0 spiro atoms. The van der Waals surface area contributed by atoms with Crippen molar-refractivity contribution >= 4 is 0 Å². The lowest BCUT2D eigenvalue weighted by atomic mass is 10.2. The van der Waals surface area contributed by atoms with Crippen LogP contribution in [0.2, 0.25) is 0 Å². The van der Waals surface area contributed by atoms with E-state index in [0.29, 0.717) is 0 Å². The average Bonchev–Trinajstić information content (AvgIpc) is 2.67. The van der Waals surface area contributed by atoms with E-state index in [-0.39, 0.29) is 0 Å². The number of hydrogen-bond acceptors (Lipinski definition) is 1. The second-order valence-electron chi connectivity index (χ2n) is 3.42. The SMILES string of the molecule is CCc1ccnn1-c1ccc(C)cc1. The molecule has 72 valence electrons. The first-order valence-electron chi connectivity index (χ1n) is 4.91. The zero-order valence-electron chi connectivity index (χ0n) is 8.57. The lowest BCUT2D eigenvalue weighted by molar-refractivity contribution is 0.814. The van der Waals surface area contributed by atoms with Crippen LogP contribution in [0.25, 0.3) is 5.69 Å². The Balaban J connectivity index is 2.44. The first-order chi connectivity index (χ1) is 6.81. The van der Waals surface area contributed by atoms with Crippen LogP contribution in [0.15, 0.2) is 36.5 Å². The number of hydrogen-bond donors (Lipinski definition) is 0. The van der Waals surface area contributed by atoms with Crippen molar-refractivity contribution in [2.24, 2.45) is 0 Å². The topological polar surface area (TPSA) is 17.8 Å². The standard InChI is InChI=1S/C12H14N2/c1-3-11-8-9-13-14(11)12-6-4-10(2)5-7-12/h4-9H,3H2,1-2H3. The van der Waals surface area contributed by atoms with Gasteiger partial charge in [-0.05, 0) is 31.5 Å². The highest BCUT2D eigenvalue weighted by molar-refractivity contribution is 5.34. The highest BCUT2D eigenvalue weighted by Gasteiger charge is 2.01. The lowest BCUT2D eigenvalue weighted by Crippen LogP contribution is -2.00. The smallest absolute Gasteiger partial charge is 0.0648 e. The second-order valence-corrected chi connectivity index (χ2v) is 3.42. The molecule has 0 atom stereocenters. The van der Waals surface area contributed by atoms with Gasteiger partial charge in [0.25, 0.3) is 0 Å². The van der Waals surface area contributed by atoms with Gasteiger partial charge in [0.05, 0.1) is 5.69 Å².